The Labute approximate surface area is 262 Å². The Hall–Kier alpha value is -4.28. The molecule has 2 aromatic carbocycles. The summed E-state index contributed by atoms with van der Waals surface area (Å²) in [5.74, 6) is -3.61. The van der Waals surface area contributed by atoms with Crippen LogP contribution in [0.15, 0.2) is 72.8 Å². The molecule has 7 atom stereocenters. The number of anilines is 1. The van der Waals surface area contributed by atoms with E-state index in [1.54, 1.807) is 30.1 Å². The van der Waals surface area contributed by atoms with E-state index in [9.17, 15) is 24.3 Å². The first kappa shape index (κ1) is 30.7. The highest BCUT2D eigenvalue weighted by atomic mass is 16.5. The van der Waals surface area contributed by atoms with Gasteiger partial charge in [0.05, 0.1) is 36.6 Å². The average Bonchev–Trinajstić information content (AvgIpc) is 3.42. The molecule has 2 N–H and O–H groups in total. The molecule has 4 aliphatic rings. The Morgan fingerprint density at radius 2 is 1.73 bits per heavy atom. The van der Waals surface area contributed by atoms with E-state index in [4.69, 9.17) is 9.47 Å². The number of likely N-dealkylation sites (tertiary alicyclic amines) is 1. The number of cyclic esters (lactones) is 1. The maximum atomic E-state index is 14.7. The van der Waals surface area contributed by atoms with Gasteiger partial charge in [0.15, 0.2) is 0 Å². The number of aliphatic hydroxyl groups excluding tert-OH is 1. The van der Waals surface area contributed by atoms with Crippen LogP contribution in [-0.4, -0.2) is 77.2 Å². The molecule has 0 aliphatic carbocycles. The van der Waals surface area contributed by atoms with Crippen LogP contribution in [0.2, 0.25) is 0 Å². The third-order valence-corrected chi connectivity index (χ3v) is 9.45. The molecule has 0 unspecified atom stereocenters. The quantitative estimate of drug-likeness (QED) is 0.401. The summed E-state index contributed by atoms with van der Waals surface area (Å²) < 4.78 is 12.3. The van der Waals surface area contributed by atoms with Gasteiger partial charge in [0.1, 0.15) is 18.2 Å². The van der Waals surface area contributed by atoms with Crippen LogP contribution in [0.25, 0.3) is 0 Å². The van der Waals surface area contributed by atoms with Crippen molar-refractivity contribution in [1.29, 1.82) is 0 Å². The lowest BCUT2D eigenvalue weighted by Gasteiger charge is -2.38. The minimum Gasteiger partial charge on any atom is -0.463 e. The topological polar surface area (TPSA) is 125 Å². The van der Waals surface area contributed by atoms with Crippen molar-refractivity contribution in [2.24, 2.45) is 11.8 Å². The molecule has 1 spiro atoms. The molecule has 0 radical (unpaired) electrons. The smallest absolute Gasteiger partial charge is 0.306 e. The third kappa shape index (κ3) is 5.25. The maximum Gasteiger partial charge on any atom is 0.306 e. The number of nitrogens with one attached hydrogen (secondary N) is 1. The molecule has 2 fully saturated rings. The van der Waals surface area contributed by atoms with Crippen molar-refractivity contribution in [2.75, 3.05) is 24.7 Å². The molecule has 3 amide bonds. The Bertz CT molecular complexity index is 1540. The summed E-state index contributed by atoms with van der Waals surface area (Å²) in [6, 6.07) is 12.5. The Morgan fingerprint density at radius 3 is 2.44 bits per heavy atom. The molecule has 4 aliphatic heterocycles. The number of ether oxygens (including phenoxy) is 2. The van der Waals surface area contributed by atoms with E-state index in [-0.39, 0.29) is 38.1 Å². The lowest BCUT2D eigenvalue weighted by Crippen LogP contribution is -2.58. The number of carbonyl (C=O) groups is 4. The molecule has 4 heterocycles. The molecule has 2 aromatic rings. The summed E-state index contributed by atoms with van der Waals surface area (Å²) >= 11 is 0. The second-order valence-corrected chi connectivity index (χ2v) is 12.3. The van der Waals surface area contributed by atoms with Gasteiger partial charge in [-0.1, -0.05) is 72.8 Å². The SMILES string of the molecule is Cc1cccc(C)c1N1CC=C[C@]23O[C@@H]4/C=C\CCC(=O)OC[C@@H](c5ccccc5)NC(=O)[C@@H]4[C@H]2C(=O)N([C@H](C)CO)[C@@H]3C1=O. The number of carbonyl (C=O) groups excluding carboxylic acids is 4. The first-order valence-corrected chi connectivity index (χ1v) is 15.5. The Kier molecular flexibility index (Phi) is 8.37. The summed E-state index contributed by atoms with van der Waals surface area (Å²) in [4.78, 5) is 59.1. The Balaban J connectivity index is 1.45. The van der Waals surface area contributed by atoms with Crippen LogP contribution in [0, 0.1) is 25.7 Å². The molecule has 6 rings (SSSR count). The van der Waals surface area contributed by atoms with Gasteiger partial charge in [0, 0.05) is 18.7 Å². The second-order valence-electron chi connectivity index (χ2n) is 12.3. The molecule has 2 saturated heterocycles. The summed E-state index contributed by atoms with van der Waals surface area (Å²) in [7, 11) is 0. The average molecular weight is 614 g/mol. The highest BCUT2D eigenvalue weighted by molar-refractivity contribution is 6.06. The first-order chi connectivity index (χ1) is 21.7. The van der Waals surface area contributed by atoms with E-state index in [0.29, 0.717) is 6.42 Å². The van der Waals surface area contributed by atoms with Gasteiger partial charge in [-0.05, 0) is 43.9 Å². The first-order valence-electron chi connectivity index (χ1n) is 15.5. The van der Waals surface area contributed by atoms with Crippen molar-refractivity contribution >= 4 is 29.4 Å². The molecule has 10 heteroatoms. The van der Waals surface area contributed by atoms with Crippen molar-refractivity contribution in [2.45, 2.75) is 63.4 Å². The molecule has 0 bridgehead atoms. The van der Waals surface area contributed by atoms with Crippen LogP contribution in [0.3, 0.4) is 0 Å². The summed E-state index contributed by atoms with van der Waals surface area (Å²) in [6.45, 7) is 5.38. The van der Waals surface area contributed by atoms with Gasteiger partial charge < -0.3 is 29.7 Å². The summed E-state index contributed by atoms with van der Waals surface area (Å²) in [5.41, 5.74) is 1.87. The number of benzene rings is 2. The van der Waals surface area contributed by atoms with E-state index in [1.165, 1.54) is 4.90 Å². The third-order valence-electron chi connectivity index (χ3n) is 9.45. The lowest BCUT2D eigenvalue weighted by molar-refractivity contribution is -0.146. The summed E-state index contributed by atoms with van der Waals surface area (Å²) in [6.07, 6.45) is 6.77. The predicted molar refractivity (Wildman–Crippen MR) is 166 cm³/mol. The molecule has 0 aromatic heterocycles. The fraction of sp³-hybridized carbons (Fsp3) is 0.429. The predicted octanol–water partition coefficient (Wildman–Crippen LogP) is 2.92. The van der Waals surface area contributed by atoms with Gasteiger partial charge in [-0.15, -0.1) is 0 Å². The number of amides is 3. The van der Waals surface area contributed by atoms with E-state index in [2.05, 4.69) is 5.32 Å². The van der Waals surface area contributed by atoms with Gasteiger partial charge in [0.25, 0.3) is 5.91 Å². The molecular formula is C35H39N3O7. The van der Waals surface area contributed by atoms with Crippen molar-refractivity contribution in [3.63, 3.8) is 0 Å². The van der Waals surface area contributed by atoms with Crippen LogP contribution in [0.4, 0.5) is 5.69 Å². The van der Waals surface area contributed by atoms with Crippen molar-refractivity contribution in [1.82, 2.24) is 10.2 Å². The number of allylic oxidation sites excluding steroid dienone is 1. The van der Waals surface area contributed by atoms with E-state index >= 15 is 0 Å². The van der Waals surface area contributed by atoms with Gasteiger partial charge in [-0.3, -0.25) is 19.2 Å². The zero-order valence-electron chi connectivity index (χ0n) is 25.7. The number of rotatable bonds is 4. The van der Waals surface area contributed by atoms with E-state index in [0.717, 1.165) is 22.4 Å². The lowest BCUT2D eigenvalue weighted by atomic mass is 9.77. The number of esters is 1. The normalized spacial score (nSPS) is 31.5. The minimum atomic E-state index is -1.46. The molecule has 236 valence electrons. The second kappa shape index (κ2) is 12.3. The number of aliphatic hydroxyl groups is 1. The van der Waals surface area contributed by atoms with Gasteiger partial charge >= 0.3 is 5.97 Å². The number of hydrogen-bond donors (Lipinski definition) is 2. The number of aryl methyl sites for hydroxylation is 2. The van der Waals surface area contributed by atoms with Crippen molar-refractivity contribution < 1.29 is 33.8 Å². The van der Waals surface area contributed by atoms with Gasteiger partial charge in [-0.25, -0.2) is 0 Å². The molecule has 10 nitrogen and oxygen atoms in total. The van der Waals surface area contributed by atoms with Gasteiger partial charge in [0.2, 0.25) is 11.8 Å². The van der Waals surface area contributed by atoms with Crippen LogP contribution in [0.5, 0.6) is 0 Å². The van der Waals surface area contributed by atoms with Crippen LogP contribution >= 0.6 is 0 Å². The zero-order valence-corrected chi connectivity index (χ0v) is 25.7. The fourth-order valence-corrected chi connectivity index (χ4v) is 7.37. The van der Waals surface area contributed by atoms with E-state index < -0.39 is 53.5 Å². The maximum absolute atomic E-state index is 14.7. The molecule has 45 heavy (non-hydrogen) atoms. The monoisotopic (exact) mass is 613 g/mol. The van der Waals surface area contributed by atoms with Crippen LogP contribution in [-0.2, 0) is 28.7 Å². The molecule has 0 saturated carbocycles. The number of para-hydroxylation sites is 1. The standard InChI is InChI=1S/C35H39N3O7/c1-21-11-9-12-22(2)30(21)37-18-10-17-35-29(33(42)38(23(3)19-39)31(35)34(37)43)28-26(45-35)15-7-8-16-27(40)44-20-25(36-32(28)41)24-13-5-4-6-14-24/h4-7,9-15,17,23,25-26,28-29,31,39H,8,16,18-20H2,1-3H3,(H,36,41)/b15-7-/t23-,25+,26-,28+,29+,31-,35+/m1/s1. The van der Waals surface area contributed by atoms with E-state index in [1.807, 2.05) is 68.5 Å². The molecular weight excluding hydrogens is 574 g/mol. The number of fused-ring (bicyclic) bond motifs is 2. The fourth-order valence-electron chi connectivity index (χ4n) is 7.37. The van der Waals surface area contributed by atoms with Crippen LogP contribution < -0.4 is 10.2 Å². The van der Waals surface area contributed by atoms with Crippen molar-refractivity contribution in [3.8, 4) is 0 Å². The largest absolute Gasteiger partial charge is 0.463 e. The number of nitrogens with zero attached hydrogens (tertiary/aromatic N) is 2. The highest BCUT2D eigenvalue weighted by Gasteiger charge is 2.72. The van der Waals surface area contributed by atoms with Gasteiger partial charge in [-0.2, -0.15) is 0 Å². The zero-order chi connectivity index (χ0) is 31.9. The van der Waals surface area contributed by atoms with Crippen molar-refractivity contribution in [3.05, 3.63) is 89.5 Å². The minimum absolute atomic E-state index is 0.0697. The summed E-state index contributed by atoms with van der Waals surface area (Å²) in [5, 5.41) is 13.3. The number of hydrogen-bond acceptors (Lipinski definition) is 7. The highest BCUT2D eigenvalue weighted by Crippen LogP contribution is 2.53. The van der Waals surface area contributed by atoms with Crippen LogP contribution in [0.1, 0.15) is 42.5 Å². The Morgan fingerprint density at radius 1 is 1.00 bits per heavy atom.